The smallest absolute Gasteiger partial charge is 0.272 e. The van der Waals surface area contributed by atoms with Gasteiger partial charge in [0.25, 0.3) is 11.5 Å². The maximum Gasteiger partial charge on any atom is 0.272 e. The second-order valence-electron chi connectivity index (χ2n) is 9.34. The summed E-state index contributed by atoms with van der Waals surface area (Å²) in [6.45, 7) is 3.57. The van der Waals surface area contributed by atoms with E-state index in [9.17, 15) is 9.59 Å². The van der Waals surface area contributed by atoms with Crippen LogP contribution in [0.1, 0.15) is 46.1 Å². The number of benzene rings is 1. The van der Waals surface area contributed by atoms with E-state index in [0.29, 0.717) is 45.2 Å². The van der Waals surface area contributed by atoms with Gasteiger partial charge in [-0.15, -0.1) is 0 Å². The summed E-state index contributed by atoms with van der Waals surface area (Å²) >= 11 is 0. The van der Waals surface area contributed by atoms with Gasteiger partial charge in [-0.1, -0.05) is 42.3 Å². The lowest BCUT2D eigenvalue weighted by atomic mass is 10.0. The van der Waals surface area contributed by atoms with E-state index >= 15 is 0 Å². The summed E-state index contributed by atoms with van der Waals surface area (Å²) in [5.41, 5.74) is 4.33. The van der Waals surface area contributed by atoms with Gasteiger partial charge in [0.05, 0.1) is 34.8 Å². The van der Waals surface area contributed by atoms with Crippen LogP contribution in [-0.4, -0.2) is 39.7 Å². The molecule has 0 aliphatic rings. The van der Waals surface area contributed by atoms with Crippen molar-refractivity contribution in [2.24, 2.45) is 7.05 Å². The maximum atomic E-state index is 14.1. The van der Waals surface area contributed by atoms with E-state index in [0.717, 1.165) is 5.56 Å². The number of hydrogen-bond donors (Lipinski definition) is 1. The Morgan fingerprint density at radius 3 is 2.52 bits per heavy atom. The Labute approximate surface area is 229 Å². The van der Waals surface area contributed by atoms with Crippen molar-refractivity contribution in [1.29, 1.82) is 0 Å². The van der Waals surface area contributed by atoms with Crippen LogP contribution in [0.15, 0.2) is 84.0 Å². The summed E-state index contributed by atoms with van der Waals surface area (Å²) in [5.74, 6) is 5.79. The summed E-state index contributed by atoms with van der Waals surface area (Å²) in [6, 6.07) is 17.6. The molecule has 0 saturated heterocycles. The zero-order chi connectivity index (χ0) is 27.8. The minimum absolute atomic E-state index is 0.281. The summed E-state index contributed by atoms with van der Waals surface area (Å²) in [6.07, 6.45) is 5.07. The molecule has 6 rings (SSSR count). The van der Waals surface area contributed by atoms with Crippen LogP contribution in [0.3, 0.4) is 0 Å². The average molecular weight is 529 g/mol. The Hall–Kier alpha value is -5.56. The lowest BCUT2D eigenvalue weighted by molar-refractivity contribution is 0.0931. The van der Waals surface area contributed by atoms with E-state index in [1.165, 1.54) is 8.92 Å². The number of nitrogens with zero attached hydrogens (tertiary/aromatic N) is 7. The fourth-order valence-electron chi connectivity index (χ4n) is 4.70. The first-order valence-electron chi connectivity index (χ1n) is 12.6. The van der Waals surface area contributed by atoms with Crippen LogP contribution in [0.25, 0.3) is 22.4 Å². The molecule has 10 heteroatoms. The zero-order valence-corrected chi connectivity index (χ0v) is 22.0. The van der Waals surface area contributed by atoms with Gasteiger partial charge in [-0.05, 0) is 49.6 Å². The molecule has 5 heterocycles. The topological polar surface area (TPSA) is 111 Å². The summed E-state index contributed by atoms with van der Waals surface area (Å²) < 4.78 is 4.67. The maximum absolute atomic E-state index is 14.1. The van der Waals surface area contributed by atoms with E-state index < -0.39 is 6.04 Å². The van der Waals surface area contributed by atoms with Gasteiger partial charge < -0.3 is 5.32 Å². The molecular weight excluding hydrogens is 504 g/mol. The number of nitrogens with one attached hydrogen (secondary N) is 1. The molecule has 6 aromatic rings. The monoisotopic (exact) mass is 528 g/mol. The molecule has 5 aromatic heterocycles. The van der Waals surface area contributed by atoms with Crippen LogP contribution in [0.5, 0.6) is 0 Å². The molecule has 0 radical (unpaired) electrons. The van der Waals surface area contributed by atoms with Crippen molar-refractivity contribution in [3.8, 4) is 23.0 Å². The SMILES string of the molecule is Cc1nc2cccnn2c1C(=O)NC(C)c1nc2cccc(C#Cc3cnn(C)c3)n2c(=O)c1-c1ccccc1. The first kappa shape index (κ1) is 24.8. The molecule has 1 atom stereocenters. The molecule has 0 bridgehead atoms. The van der Waals surface area contributed by atoms with Crippen LogP contribution in [-0.2, 0) is 7.05 Å². The van der Waals surface area contributed by atoms with Gasteiger partial charge >= 0.3 is 0 Å². The first-order valence-corrected chi connectivity index (χ1v) is 12.6. The molecule has 40 heavy (non-hydrogen) atoms. The van der Waals surface area contributed by atoms with Crippen LogP contribution in [0, 0.1) is 18.8 Å². The largest absolute Gasteiger partial charge is 0.343 e. The minimum Gasteiger partial charge on any atom is -0.343 e. The second kappa shape index (κ2) is 9.96. The lowest BCUT2D eigenvalue weighted by Gasteiger charge is -2.18. The Bertz CT molecular complexity index is 2030. The molecule has 0 fully saturated rings. The molecule has 196 valence electrons. The van der Waals surface area contributed by atoms with Crippen molar-refractivity contribution in [1.82, 2.24) is 39.1 Å². The van der Waals surface area contributed by atoms with Gasteiger partial charge in [-0.3, -0.25) is 18.7 Å². The third kappa shape index (κ3) is 4.39. The number of carbonyl (C=O) groups excluding carboxylic acids is 1. The lowest BCUT2D eigenvalue weighted by Crippen LogP contribution is -2.32. The van der Waals surface area contributed by atoms with Gasteiger partial charge in [-0.2, -0.15) is 10.2 Å². The molecule has 1 N–H and O–H groups in total. The molecule has 1 aromatic carbocycles. The summed E-state index contributed by atoms with van der Waals surface area (Å²) in [7, 11) is 1.82. The number of amides is 1. The number of fused-ring (bicyclic) bond motifs is 2. The third-order valence-corrected chi connectivity index (χ3v) is 6.52. The van der Waals surface area contributed by atoms with Gasteiger partial charge in [0.2, 0.25) is 0 Å². The van der Waals surface area contributed by atoms with Gasteiger partial charge in [0, 0.05) is 19.4 Å². The van der Waals surface area contributed by atoms with Gasteiger partial charge in [-0.25, -0.2) is 14.5 Å². The Balaban J connectivity index is 1.48. The average Bonchev–Trinajstić information content (AvgIpc) is 3.53. The van der Waals surface area contributed by atoms with Crippen LogP contribution in [0.2, 0.25) is 0 Å². The van der Waals surface area contributed by atoms with Crippen molar-refractivity contribution in [2.45, 2.75) is 19.9 Å². The highest BCUT2D eigenvalue weighted by Crippen LogP contribution is 2.25. The highest BCUT2D eigenvalue weighted by Gasteiger charge is 2.24. The first-order chi connectivity index (χ1) is 19.4. The van der Waals surface area contributed by atoms with Crippen LogP contribution in [0.4, 0.5) is 0 Å². The van der Waals surface area contributed by atoms with Crippen molar-refractivity contribution in [3.05, 3.63) is 118 Å². The number of rotatable bonds is 4. The van der Waals surface area contributed by atoms with Crippen LogP contribution < -0.4 is 10.9 Å². The zero-order valence-electron chi connectivity index (χ0n) is 22.0. The van der Waals surface area contributed by atoms with E-state index in [2.05, 4.69) is 32.3 Å². The molecule has 1 unspecified atom stereocenters. The van der Waals surface area contributed by atoms with Crippen molar-refractivity contribution in [2.75, 3.05) is 0 Å². The van der Waals surface area contributed by atoms with Crippen LogP contribution >= 0.6 is 0 Å². The summed E-state index contributed by atoms with van der Waals surface area (Å²) in [4.78, 5) is 36.9. The van der Waals surface area contributed by atoms with Crippen molar-refractivity contribution >= 4 is 17.2 Å². The fraction of sp³-hybridized carbons (Fsp3) is 0.133. The number of imidazole rings is 1. The third-order valence-electron chi connectivity index (χ3n) is 6.52. The number of aromatic nitrogens is 7. The minimum atomic E-state index is -0.612. The van der Waals surface area contributed by atoms with E-state index in [1.807, 2.05) is 37.4 Å². The molecule has 0 spiro atoms. The number of pyridine rings is 1. The predicted octanol–water partition coefficient (Wildman–Crippen LogP) is 3.34. The van der Waals surface area contributed by atoms with E-state index in [4.69, 9.17) is 4.98 Å². The quantitative estimate of drug-likeness (QED) is 0.352. The molecule has 0 saturated carbocycles. The number of carbonyl (C=O) groups is 1. The Morgan fingerprint density at radius 2 is 1.75 bits per heavy atom. The van der Waals surface area contributed by atoms with Gasteiger partial charge in [0.1, 0.15) is 11.3 Å². The van der Waals surface area contributed by atoms with Crippen molar-refractivity contribution < 1.29 is 4.79 Å². The predicted molar refractivity (Wildman–Crippen MR) is 150 cm³/mol. The van der Waals surface area contributed by atoms with Crippen molar-refractivity contribution in [3.63, 3.8) is 0 Å². The standard InChI is InChI=1S/C30H24N8O2/c1-19(34-29(39)28-20(2)33-25-13-8-16-31-38(25)28)27-26(22-9-5-4-6-10-22)30(40)37-23(11-7-12-24(37)35-27)15-14-21-17-32-36(3)18-21/h4-13,16-19H,1-3H3,(H,34,39). The molecule has 0 aliphatic carbocycles. The fourth-order valence-corrected chi connectivity index (χ4v) is 4.70. The number of hydrogen-bond acceptors (Lipinski definition) is 6. The summed E-state index contributed by atoms with van der Waals surface area (Å²) in [5, 5.41) is 11.4. The Morgan fingerprint density at radius 1 is 0.950 bits per heavy atom. The van der Waals surface area contributed by atoms with Gasteiger partial charge in [0.15, 0.2) is 11.3 Å². The molecule has 10 nitrogen and oxygen atoms in total. The molecule has 0 aliphatic heterocycles. The molecule has 1 amide bonds. The molecular formula is C30H24N8O2. The highest BCUT2D eigenvalue weighted by atomic mass is 16.2. The van der Waals surface area contributed by atoms with E-state index in [-0.39, 0.29) is 11.5 Å². The second-order valence-corrected chi connectivity index (χ2v) is 9.34. The van der Waals surface area contributed by atoms with E-state index in [1.54, 1.807) is 67.5 Å². The number of aryl methyl sites for hydroxylation is 2. The Kier molecular flexibility index (Phi) is 6.16. The highest BCUT2D eigenvalue weighted by molar-refractivity contribution is 5.94. The normalized spacial score (nSPS) is 11.8.